The van der Waals surface area contributed by atoms with Crippen LogP contribution >= 0.6 is 0 Å². The van der Waals surface area contributed by atoms with Crippen molar-refractivity contribution in [1.29, 1.82) is 0 Å². The number of rotatable bonds is 8. The molecule has 0 aromatic heterocycles. The lowest BCUT2D eigenvalue weighted by Gasteiger charge is -2.27. The summed E-state index contributed by atoms with van der Waals surface area (Å²) >= 11 is 0. The Balaban J connectivity index is 1.50. The number of ether oxygens (including phenoxy) is 3. The molecule has 146 valence electrons. The molecule has 2 rings (SSSR count). The van der Waals surface area contributed by atoms with Crippen molar-refractivity contribution in [1.82, 2.24) is 5.32 Å². The van der Waals surface area contributed by atoms with Gasteiger partial charge >= 0.3 is 6.09 Å². The average molecular weight is 375 g/mol. The standard InChI is InChI=1S/C18H24F3NO4/c1-13-2-3-14(19)12-16(13)25-11-10-24-9-8-22-17(23)26-15-4-6-18(20,21)7-5-15/h2-3,12,15H,4-11H2,1H3,(H,22,23). The molecular weight excluding hydrogens is 351 g/mol. The fraction of sp³-hybridized carbons (Fsp3) is 0.611. The predicted molar refractivity (Wildman–Crippen MR) is 89.1 cm³/mol. The van der Waals surface area contributed by atoms with E-state index in [0.29, 0.717) is 5.75 Å². The number of nitrogens with one attached hydrogen (secondary N) is 1. The van der Waals surface area contributed by atoms with Crippen molar-refractivity contribution < 1.29 is 32.2 Å². The summed E-state index contributed by atoms with van der Waals surface area (Å²) in [7, 11) is 0. The Bertz CT molecular complexity index is 588. The van der Waals surface area contributed by atoms with E-state index in [0.717, 1.165) is 5.56 Å². The maximum Gasteiger partial charge on any atom is 0.407 e. The SMILES string of the molecule is Cc1ccc(F)cc1OCCOCCNC(=O)OC1CCC(F)(F)CC1. The van der Waals surface area contributed by atoms with Gasteiger partial charge in [-0.15, -0.1) is 0 Å². The number of carbonyl (C=O) groups is 1. The number of aryl methyl sites for hydroxylation is 1. The summed E-state index contributed by atoms with van der Waals surface area (Å²) in [5.74, 6) is -2.54. The Kier molecular flexibility index (Phi) is 7.56. The first-order chi connectivity index (χ1) is 12.4. The van der Waals surface area contributed by atoms with Gasteiger partial charge in [-0.25, -0.2) is 18.0 Å². The zero-order chi connectivity index (χ0) is 19.0. The molecule has 0 aliphatic heterocycles. The Labute approximate surface area is 150 Å². The average Bonchev–Trinajstić information content (AvgIpc) is 2.59. The van der Waals surface area contributed by atoms with Crippen LogP contribution in [0.5, 0.6) is 5.75 Å². The fourth-order valence-corrected chi connectivity index (χ4v) is 2.59. The molecule has 1 N–H and O–H groups in total. The van der Waals surface area contributed by atoms with E-state index in [1.807, 2.05) is 6.92 Å². The van der Waals surface area contributed by atoms with Crippen LogP contribution in [0.1, 0.15) is 31.2 Å². The molecule has 0 bridgehead atoms. The highest BCUT2D eigenvalue weighted by molar-refractivity contribution is 5.67. The highest BCUT2D eigenvalue weighted by atomic mass is 19.3. The molecule has 1 aromatic carbocycles. The summed E-state index contributed by atoms with van der Waals surface area (Å²) in [5, 5.41) is 2.51. The van der Waals surface area contributed by atoms with Crippen molar-refractivity contribution in [3.8, 4) is 5.75 Å². The maximum atomic E-state index is 13.1. The molecular formula is C18H24F3NO4. The molecule has 1 aliphatic carbocycles. The first-order valence-electron chi connectivity index (χ1n) is 8.65. The van der Waals surface area contributed by atoms with Crippen LogP contribution < -0.4 is 10.1 Å². The lowest BCUT2D eigenvalue weighted by atomic mass is 9.94. The Hall–Kier alpha value is -1.96. The summed E-state index contributed by atoms with van der Waals surface area (Å²) in [6.45, 7) is 2.85. The highest BCUT2D eigenvalue weighted by Crippen LogP contribution is 2.34. The lowest BCUT2D eigenvalue weighted by molar-refractivity contribution is -0.0656. The number of hydrogen-bond acceptors (Lipinski definition) is 4. The molecule has 26 heavy (non-hydrogen) atoms. The first-order valence-corrected chi connectivity index (χ1v) is 8.65. The lowest BCUT2D eigenvalue weighted by Crippen LogP contribution is -2.35. The molecule has 0 spiro atoms. The van der Waals surface area contributed by atoms with Gasteiger partial charge in [0.15, 0.2) is 0 Å². The van der Waals surface area contributed by atoms with Crippen molar-refractivity contribution in [2.24, 2.45) is 0 Å². The monoisotopic (exact) mass is 375 g/mol. The van der Waals surface area contributed by atoms with E-state index in [4.69, 9.17) is 14.2 Å². The molecule has 1 aromatic rings. The third-order valence-corrected chi connectivity index (χ3v) is 4.09. The minimum absolute atomic E-state index is 0.174. The van der Waals surface area contributed by atoms with E-state index in [9.17, 15) is 18.0 Å². The van der Waals surface area contributed by atoms with E-state index in [2.05, 4.69) is 5.32 Å². The zero-order valence-corrected chi connectivity index (χ0v) is 14.7. The van der Waals surface area contributed by atoms with Gasteiger partial charge in [-0.2, -0.15) is 0 Å². The van der Waals surface area contributed by atoms with Crippen molar-refractivity contribution in [2.75, 3.05) is 26.4 Å². The molecule has 0 atom stereocenters. The van der Waals surface area contributed by atoms with E-state index >= 15 is 0 Å². The normalized spacial score (nSPS) is 16.9. The molecule has 0 radical (unpaired) electrons. The van der Waals surface area contributed by atoms with E-state index < -0.39 is 18.1 Å². The van der Waals surface area contributed by atoms with Crippen molar-refractivity contribution in [3.63, 3.8) is 0 Å². The number of hydrogen-bond donors (Lipinski definition) is 1. The molecule has 0 saturated heterocycles. The van der Waals surface area contributed by atoms with Gasteiger partial charge in [-0.05, 0) is 31.4 Å². The second-order valence-corrected chi connectivity index (χ2v) is 6.26. The quantitative estimate of drug-likeness (QED) is 0.702. The molecule has 1 fully saturated rings. The van der Waals surface area contributed by atoms with Gasteiger partial charge in [0.05, 0.1) is 13.2 Å². The van der Waals surface area contributed by atoms with Crippen LogP contribution in [0, 0.1) is 12.7 Å². The fourth-order valence-electron chi connectivity index (χ4n) is 2.59. The van der Waals surface area contributed by atoms with Crippen LogP contribution in [0.25, 0.3) is 0 Å². The summed E-state index contributed by atoms with van der Waals surface area (Å²) in [4.78, 5) is 11.6. The summed E-state index contributed by atoms with van der Waals surface area (Å²) in [6.07, 6.45) is -1.24. The smallest absolute Gasteiger partial charge is 0.407 e. The van der Waals surface area contributed by atoms with Crippen LogP contribution in [0.2, 0.25) is 0 Å². The number of alkyl carbamates (subject to hydrolysis) is 1. The van der Waals surface area contributed by atoms with Gasteiger partial charge in [0.2, 0.25) is 5.92 Å². The van der Waals surface area contributed by atoms with Gasteiger partial charge in [0.25, 0.3) is 0 Å². The highest BCUT2D eigenvalue weighted by Gasteiger charge is 2.36. The first kappa shape index (κ1) is 20.4. The summed E-state index contributed by atoms with van der Waals surface area (Å²) in [6, 6.07) is 4.31. The number of alkyl halides is 2. The number of carbonyl (C=O) groups excluding carboxylic acids is 1. The van der Waals surface area contributed by atoms with Crippen molar-refractivity contribution in [2.45, 2.75) is 44.6 Å². The Morgan fingerprint density at radius 3 is 2.69 bits per heavy atom. The molecule has 1 amide bonds. The van der Waals surface area contributed by atoms with Crippen LogP contribution in [-0.4, -0.2) is 44.5 Å². The van der Waals surface area contributed by atoms with Gasteiger partial charge < -0.3 is 19.5 Å². The number of halogens is 3. The van der Waals surface area contributed by atoms with Crippen LogP contribution in [0.3, 0.4) is 0 Å². The van der Waals surface area contributed by atoms with Gasteiger partial charge in [-0.1, -0.05) is 6.07 Å². The van der Waals surface area contributed by atoms with Crippen LogP contribution in [0.15, 0.2) is 18.2 Å². The number of amides is 1. The molecule has 1 aliphatic rings. The van der Waals surface area contributed by atoms with Crippen LogP contribution in [0.4, 0.5) is 18.0 Å². The van der Waals surface area contributed by atoms with E-state index in [-0.39, 0.29) is 57.9 Å². The zero-order valence-electron chi connectivity index (χ0n) is 14.7. The largest absolute Gasteiger partial charge is 0.491 e. The Morgan fingerprint density at radius 1 is 1.23 bits per heavy atom. The predicted octanol–water partition coefficient (Wildman–Crippen LogP) is 3.83. The molecule has 0 unspecified atom stereocenters. The summed E-state index contributed by atoms with van der Waals surface area (Å²) < 4.78 is 55.0. The van der Waals surface area contributed by atoms with Gasteiger partial charge in [-0.3, -0.25) is 0 Å². The van der Waals surface area contributed by atoms with Gasteiger partial charge in [0.1, 0.15) is 24.3 Å². The second kappa shape index (κ2) is 9.66. The topological polar surface area (TPSA) is 56.8 Å². The van der Waals surface area contributed by atoms with Gasteiger partial charge in [0, 0.05) is 25.5 Å². The number of benzene rings is 1. The molecule has 5 nitrogen and oxygen atoms in total. The molecule has 1 saturated carbocycles. The van der Waals surface area contributed by atoms with Crippen molar-refractivity contribution >= 4 is 6.09 Å². The summed E-state index contributed by atoms with van der Waals surface area (Å²) in [5.41, 5.74) is 0.830. The maximum absolute atomic E-state index is 13.1. The molecule has 0 heterocycles. The van der Waals surface area contributed by atoms with Crippen LogP contribution in [-0.2, 0) is 9.47 Å². The second-order valence-electron chi connectivity index (χ2n) is 6.26. The minimum Gasteiger partial charge on any atom is -0.491 e. The van der Waals surface area contributed by atoms with E-state index in [1.165, 1.54) is 12.1 Å². The Morgan fingerprint density at radius 2 is 1.96 bits per heavy atom. The molecule has 8 heteroatoms. The van der Waals surface area contributed by atoms with Crippen molar-refractivity contribution in [3.05, 3.63) is 29.6 Å². The third-order valence-electron chi connectivity index (χ3n) is 4.09. The minimum atomic E-state index is -2.64. The van der Waals surface area contributed by atoms with E-state index in [1.54, 1.807) is 6.07 Å². The third kappa shape index (κ3) is 7.11.